The Kier molecular flexibility index (Phi) is 4.13. The number of aromatic nitrogens is 1. The summed E-state index contributed by atoms with van der Waals surface area (Å²) in [5.74, 6) is -0.307. The molecular formula is C22H17NO2. The summed E-state index contributed by atoms with van der Waals surface area (Å²) in [5, 5.41) is 3.22. The number of nitrogens with zero attached hydrogens (tertiary/aromatic N) is 1. The van der Waals surface area contributed by atoms with E-state index in [9.17, 15) is 4.79 Å². The summed E-state index contributed by atoms with van der Waals surface area (Å²) >= 11 is 0. The van der Waals surface area contributed by atoms with Crippen molar-refractivity contribution in [2.24, 2.45) is 0 Å². The molecule has 0 N–H and O–H groups in total. The zero-order chi connectivity index (χ0) is 17.1. The number of fused-ring (bicyclic) bond motifs is 2. The van der Waals surface area contributed by atoms with Crippen molar-refractivity contribution in [2.45, 2.75) is 6.42 Å². The lowest BCUT2D eigenvalue weighted by Crippen LogP contribution is -2.09. The molecule has 3 aromatic carbocycles. The first-order chi connectivity index (χ1) is 12.3. The number of ether oxygens (including phenoxy) is 1. The van der Waals surface area contributed by atoms with E-state index < -0.39 is 0 Å². The van der Waals surface area contributed by atoms with E-state index >= 15 is 0 Å². The second-order valence-corrected chi connectivity index (χ2v) is 5.90. The van der Waals surface area contributed by atoms with Crippen molar-refractivity contribution in [2.75, 3.05) is 6.61 Å². The fourth-order valence-corrected chi connectivity index (χ4v) is 3.12. The molecule has 0 spiro atoms. The molecule has 0 saturated heterocycles. The van der Waals surface area contributed by atoms with Crippen LogP contribution in [-0.4, -0.2) is 17.6 Å². The topological polar surface area (TPSA) is 39.2 Å². The van der Waals surface area contributed by atoms with Gasteiger partial charge < -0.3 is 4.74 Å². The van der Waals surface area contributed by atoms with Crippen LogP contribution >= 0.6 is 0 Å². The molecule has 3 heteroatoms. The number of carbonyl (C=O) groups excluding carboxylic acids is 1. The van der Waals surface area contributed by atoms with Gasteiger partial charge in [-0.3, -0.25) is 4.98 Å². The smallest absolute Gasteiger partial charge is 0.338 e. The van der Waals surface area contributed by atoms with Gasteiger partial charge in [0.2, 0.25) is 0 Å². The van der Waals surface area contributed by atoms with Crippen molar-refractivity contribution in [3.63, 3.8) is 0 Å². The summed E-state index contributed by atoms with van der Waals surface area (Å²) < 4.78 is 5.52. The molecule has 3 nitrogen and oxygen atoms in total. The molecule has 1 heterocycles. The van der Waals surface area contributed by atoms with E-state index in [1.54, 1.807) is 12.3 Å². The summed E-state index contributed by atoms with van der Waals surface area (Å²) in [7, 11) is 0. The molecule has 122 valence electrons. The Morgan fingerprint density at radius 1 is 0.840 bits per heavy atom. The van der Waals surface area contributed by atoms with E-state index in [2.05, 4.69) is 29.2 Å². The molecule has 0 amide bonds. The largest absolute Gasteiger partial charge is 0.462 e. The third-order valence-corrected chi connectivity index (χ3v) is 4.35. The normalized spacial score (nSPS) is 10.9. The van der Waals surface area contributed by atoms with Crippen molar-refractivity contribution in [1.29, 1.82) is 0 Å². The molecule has 1 aromatic heterocycles. The summed E-state index contributed by atoms with van der Waals surface area (Å²) in [5.41, 5.74) is 2.54. The van der Waals surface area contributed by atoms with Gasteiger partial charge in [-0.25, -0.2) is 4.79 Å². The first-order valence-electron chi connectivity index (χ1n) is 8.30. The maximum Gasteiger partial charge on any atom is 0.338 e. The maximum atomic E-state index is 12.5. The predicted molar refractivity (Wildman–Crippen MR) is 99.7 cm³/mol. The molecule has 0 unspecified atom stereocenters. The number of carbonyl (C=O) groups is 1. The third-order valence-electron chi connectivity index (χ3n) is 4.35. The molecule has 4 aromatic rings. The molecule has 0 aliphatic rings. The van der Waals surface area contributed by atoms with E-state index in [1.807, 2.05) is 42.5 Å². The van der Waals surface area contributed by atoms with E-state index in [4.69, 9.17) is 4.74 Å². The average Bonchev–Trinajstić information content (AvgIpc) is 2.67. The quantitative estimate of drug-likeness (QED) is 0.506. The fraction of sp³-hybridized carbons (Fsp3) is 0.0909. The van der Waals surface area contributed by atoms with Crippen molar-refractivity contribution in [1.82, 2.24) is 4.98 Å². The Bertz CT molecular complexity index is 1050. The van der Waals surface area contributed by atoms with Gasteiger partial charge in [-0.2, -0.15) is 0 Å². The number of rotatable bonds is 4. The Morgan fingerprint density at radius 2 is 1.60 bits per heavy atom. The minimum atomic E-state index is -0.307. The highest BCUT2D eigenvalue weighted by molar-refractivity contribution is 6.03. The number of para-hydroxylation sites is 1. The highest BCUT2D eigenvalue weighted by Gasteiger charge is 2.12. The molecule has 25 heavy (non-hydrogen) atoms. The van der Waals surface area contributed by atoms with Gasteiger partial charge in [0.1, 0.15) is 0 Å². The van der Waals surface area contributed by atoms with Crippen LogP contribution < -0.4 is 0 Å². The van der Waals surface area contributed by atoms with Gasteiger partial charge in [0.25, 0.3) is 0 Å². The van der Waals surface area contributed by atoms with Crippen LogP contribution in [0.1, 0.15) is 15.9 Å². The first-order valence-corrected chi connectivity index (χ1v) is 8.30. The lowest BCUT2D eigenvalue weighted by atomic mass is 10.0. The zero-order valence-corrected chi connectivity index (χ0v) is 13.7. The Labute approximate surface area is 145 Å². The van der Waals surface area contributed by atoms with Crippen LogP contribution in [0.5, 0.6) is 0 Å². The van der Waals surface area contributed by atoms with Gasteiger partial charge in [0, 0.05) is 18.0 Å². The Balaban J connectivity index is 1.50. The van der Waals surface area contributed by atoms with Gasteiger partial charge in [0.05, 0.1) is 17.7 Å². The Hall–Kier alpha value is -3.20. The van der Waals surface area contributed by atoms with Crippen LogP contribution in [0, 0.1) is 0 Å². The highest BCUT2D eigenvalue weighted by atomic mass is 16.5. The second kappa shape index (κ2) is 6.73. The summed E-state index contributed by atoms with van der Waals surface area (Å²) in [6.45, 7) is 0.351. The molecule has 0 radical (unpaired) electrons. The first kappa shape index (κ1) is 15.3. The van der Waals surface area contributed by atoms with E-state index in [-0.39, 0.29) is 5.97 Å². The fourth-order valence-electron chi connectivity index (χ4n) is 3.12. The standard InChI is InChI=1S/C22H17NO2/c24-22(20-12-14-23-21-11-4-3-10-19(20)21)25-15-13-17-8-5-7-16-6-1-2-9-18(16)17/h1-12,14H,13,15H2. The van der Waals surface area contributed by atoms with Gasteiger partial charge in [-0.15, -0.1) is 0 Å². The highest BCUT2D eigenvalue weighted by Crippen LogP contribution is 2.20. The van der Waals surface area contributed by atoms with Gasteiger partial charge in [0.15, 0.2) is 0 Å². The van der Waals surface area contributed by atoms with E-state index in [1.165, 1.54) is 16.3 Å². The van der Waals surface area contributed by atoms with Crippen LogP contribution in [0.3, 0.4) is 0 Å². The van der Waals surface area contributed by atoms with Crippen molar-refractivity contribution in [3.05, 3.63) is 90.1 Å². The van der Waals surface area contributed by atoms with Crippen LogP contribution in [0.15, 0.2) is 79.0 Å². The van der Waals surface area contributed by atoms with Crippen molar-refractivity contribution in [3.8, 4) is 0 Å². The molecule has 0 saturated carbocycles. The maximum absolute atomic E-state index is 12.5. The van der Waals surface area contributed by atoms with Crippen molar-refractivity contribution < 1.29 is 9.53 Å². The number of benzene rings is 3. The third kappa shape index (κ3) is 3.09. The molecule has 4 rings (SSSR count). The van der Waals surface area contributed by atoms with E-state index in [0.29, 0.717) is 18.6 Å². The number of pyridine rings is 1. The Morgan fingerprint density at radius 3 is 2.52 bits per heavy atom. The summed E-state index contributed by atoms with van der Waals surface area (Å²) in [6.07, 6.45) is 2.33. The molecule has 0 aliphatic carbocycles. The SMILES string of the molecule is O=C(OCCc1cccc2ccccc12)c1ccnc2ccccc12. The van der Waals surface area contributed by atoms with E-state index in [0.717, 1.165) is 10.9 Å². The number of hydrogen-bond acceptors (Lipinski definition) is 3. The molecule has 0 fully saturated rings. The van der Waals surface area contributed by atoms with Crippen molar-refractivity contribution >= 4 is 27.6 Å². The predicted octanol–water partition coefficient (Wildman–Crippen LogP) is 4.79. The van der Waals surface area contributed by atoms with Gasteiger partial charge in [-0.1, -0.05) is 60.7 Å². The minimum Gasteiger partial charge on any atom is -0.462 e. The summed E-state index contributed by atoms with van der Waals surface area (Å²) in [4.78, 5) is 16.7. The van der Waals surface area contributed by atoms with Gasteiger partial charge in [-0.05, 0) is 28.5 Å². The number of esters is 1. The molecule has 0 aliphatic heterocycles. The van der Waals surface area contributed by atoms with Crippen LogP contribution in [0.4, 0.5) is 0 Å². The lowest BCUT2D eigenvalue weighted by Gasteiger charge is -2.09. The van der Waals surface area contributed by atoms with Gasteiger partial charge >= 0.3 is 5.97 Å². The molecule has 0 bridgehead atoms. The van der Waals surface area contributed by atoms with Crippen LogP contribution in [-0.2, 0) is 11.2 Å². The summed E-state index contributed by atoms with van der Waals surface area (Å²) in [6, 6.07) is 23.8. The van der Waals surface area contributed by atoms with Crippen LogP contribution in [0.2, 0.25) is 0 Å². The molecular weight excluding hydrogens is 310 g/mol. The molecule has 0 atom stereocenters. The van der Waals surface area contributed by atoms with Crippen LogP contribution in [0.25, 0.3) is 21.7 Å². The monoisotopic (exact) mass is 327 g/mol. The zero-order valence-electron chi connectivity index (χ0n) is 13.7. The lowest BCUT2D eigenvalue weighted by molar-refractivity contribution is 0.0512. The number of hydrogen-bond donors (Lipinski definition) is 0. The minimum absolute atomic E-state index is 0.307. The second-order valence-electron chi connectivity index (χ2n) is 5.90. The average molecular weight is 327 g/mol.